The van der Waals surface area contributed by atoms with Gasteiger partial charge in [-0.25, -0.2) is 0 Å². The van der Waals surface area contributed by atoms with Gasteiger partial charge in [-0.05, 0) is 11.5 Å². The van der Waals surface area contributed by atoms with Crippen LogP contribution in [0.4, 0.5) is 0 Å². The molecule has 0 aliphatic heterocycles. The third kappa shape index (κ3) is 2.04. The Balaban J connectivity index is 1.97. The molecule has 5 nitrogen and oxygen atoms in total. The minimum Gasteiger partial charge on any atom is -0.312 e. The first-order valence-corrected chi connectivity index (χ1v) is 5.35. The molecule has 0 bridgehead atoms. The van der Waals surface area contributed by atoms with Crippen LogP contribution in [-0.2, 0) is 12.8 Å². The highest BCUT2D eigenvalue weighted by Gasteiger charge is 2.02. The van der Waals surface area contributed by atoms with E-state index >= 15 is 0 Å². The van der Waals surface area contributed by atoms with Crippen LogP contribution < -0.4 is 0 Å². The van der Waals surface area contributed by atoms with E-state index in [-0.39, 0.29) is 0 Å². The molecule has 0 amide bonds. The molecule has 2 aromatic rings. The van der Waals surface area contributed by atoms with Crippen molar-refractivity contribution in [1.29, 1.82) is 0 Å². The fourth-order valence-corrected chi connectivity index (χ4v) is 2.17. The summed E-state index contributed by atoms with van der Waals surface area (Å²) < 4.78 is 5.67. The van der Waals surface area contributed by atoms with Gasteiger partial charge in [0.2, 0.25) is 0 Å². The van der Waals surface area contributed by atoms with Crippen molar-refractivity contribution in [3.63, 3.8) is 0 Å². The third-order valence-electron chi connectivity index (χ3n) is 1.42. The van der Waals surface area contributed by atoms with Gasteiger partial charge in [0.1, 0.15) is 6.33 Å². The fraction of sp³-hybridized carbons (Fsp3) is 0.333. The maximum atomic E-state index is 3.95. The Kier molecular flexibility index (Phi) is 2.55. The zero-order chi connectivity index (χ0) is 9.10. The second-order valence-electron chi connectivity index (χ2n) is 2.40. The lowest BCUT2D eigenvalue weighted by atomic mass is 10.6. The Hall–Kier alpha value is -0.950. The zero-order valence-corrected chi connectivity index (χ0v) is 8.55. The van der Waals surface area contributed by atoms with Crippen molar-refractivity contribution < 1.29 is 0 Å². The number of thioether (sulfide) groups is 1. The van der Waals surface area contributed by atoms with Crippen molar-refractivity contribution in [2.45, 2.75) is 10.9 Å². The predicted molar refractivity (Wildman–Crippen MR) is 50.5 cm³/mol. The van der Waals surface area contributed by atoms with E-state index in [1.807, 2.05) is 11.6 Å². The number of hydrogen-bond acceptors (Lipinski definition) is 6. The van der Waals surface area contributed by atoms with E-state index < -0.39 is 0 Å². The van der Waals surface area contributed by atoms with Crippen LogP contribution in [0.3, 0.4) is 0 Å². The zero-order valence-electron chi connectivity index (χ0n) is 6.91. The maximum absolute atomic E-state index is 3.95. The van der Waals surface area contributed by atoms with Crippen molar-refractivity contribution in [1.82, 2.24) is 24.4 Å². The van der Waals surface area contributed by atoms with E-state index in [1.54, 1.807) is 24.3 Å². The average molecular weight is 213 g/mol. The van der Waals surface area contributed by atoms with Crippen molar-refractivity contribution in [2.24, 2.45) is 7.05 Å². The molecule has 0 saturated heterocycles. The molecule has 0 fully saturated rings. The van der Waals surface area contributed by atoms with Crippen LogP contribution in [0.1, 0.15) is 4.88 Å². The highest BCUT2D eigenvalue weighted by atomic mass is 32.2. The molecule has 0 atom stereocenters. The summed E-state index contributed by atoms with van der Waals surface area (Å²) in [6, 6.07) is 0. The summed E-state index contributed by atoms with van der Waals surface area (Å²) in [6.07, 6.45) is 3.46. The first-order chi connectivity index (χ1) is 6.36. The molecule has 0 N–H and O–H groups in total. The van der Waals surface area contributed by atoms with Gasteiger partial charge < -0.3 is 4.57 Å². The summed E-state index contributed by atoms with van der Waals surface area (Å²) in [5.74, 6) is 0.851. The number of rotatable bonds is 3. The van der Waals surface area contributed by atoms with Gasteiger partial charge in [0.15, 0.2) is 5.16 Å². The smallest absolute Gasteiger partial charge is 0.191 e. The Morgan fingerprint density at radius 2 is 2.46 bits per heavy atom. The van der Waals surface area contributed by atoms with E-state index in [0.29, 0.717) is 0 Å². The van der Waals surface area contributed by atoms with Gasteiger partial charge in [-0.1, -0.05) is 16.3 Å². The molecular formula is C6H7N5S2. The molecule has 0 unspecified atom stereocenters. The molecule has 2 heterocycles. The third-order valence-corrected chi connectivity index (χ3v) is 3.35. The van der Waals surface area contributed by atoms with Gasteiger partial charge in [0.05, 0.1) is 11.1 Å². The van der Waals surface area contributed by atoms with E-state index in [9.17, 15) is 0 Å². The van der Waals surface area contributed by atoms with Crippen molar-refractivity contribution in [2.75, 3.05) is 0 Å². The van der Waals surface area contributed by atoms with Crippen LogP contribution in [0.2, 0.25) is 0 Å². The summed E-state index contributed by atoms with van der Waals surface area (Å²) in [5, 5.41) is 12.4. The quantitative estimate of drug-likeness (QED) is 0.711. The maximum Gasteiger partial charge on any atom is 0.191 e. The molecule has 7 heteroatoms. The summed E-state index contributed by atoms with van der Waals surface area (Å²) in [5.41, 5.74) is 0. The molecule has 0 aliphatic rings. The van der Waals surface area contributed by atoms with E-state index in [0.717, 1.165) is 15.8 Å². The normalized spacial score (nSPS) is 10.5. The van der Waals surface area contributed by atoms with Crippen LogP contribution in [0.25, 0.3) is 0 Å². The minimum absolute atomic E-state index is 0.851. The SMILES string of the molecule is Cn1cnnc1SCc1cnns1. The van der Waals surface area contributed by atoms with Gasteiger partial charge in [0, 0.05) is 12.8 Å². The van der Waals surface area contributed by atoms with E-state index in [1.165, 1.54) is 11.5 Å². The molecule has 0 spiro atoms. The fourth-order valence-electron chi connectivity index (χ4n) is 0.790. The predicted octanol–water partition coefficient (Wildman–Crippen LogP) is 0.959. The molecule has 0 saturated carbocycles. The van der Waals surface area contributed by atoms with Gasteiger partial charge in [-0.2, -0.15) is 0 Å². The molecule has 13 heavy (non-hydrogen) atoms. The van der Waals surface area contributed by atoms with Crippen molar-refractivity contribution in [3.8, 4) is 0 Å². The topological polar surface area (TPSA) is 56.5 Å². The Morgan fingerprint density at radius 3 is 3.08 bits per heavy atom. The van der Waals surface area contributed by atoms with Crippen LogP contribution in [0.15, 0.2) is 17.7 Å². The Labute approximate surface area is 83.4 Å². The number of aryl methyl sites for hydroxylation is 1. The first-order valence-electron chi connectivity index (χ1n) is 3.59. The Morgan fingerprint density at radius 1 is 1.54 bits per heavy atom. The highest BCUT2D eigenvalue weighted by Crippen LogP contribution is 2.20. The molecule has 0 aliphatic carbocycles. The molecule has 0 radical (unpaired) electrons. The highest BCUT2D eigenvalue weighted by molar-refractivity contribution is 7.98. The lowest BCUT2D eigenvalue weighted by molar-refractivity contribution is 0.788. The van der Waals surface area contributed by atoms with Gasteiger partial charge in [-0.15, -0.1) is 15.3 Å². The largest absolute Gasteiger partial charge is 0.312 e. The van der Waals surface area contributed by atoms with Crippen molar-refractivity contribution >= 4 is 23.3 Å². The Bertz CT molecular complexity index is 368. The number of aromatic nitrogens is 5. The summed E-state index contributed by atoms with van der Waals surface area (Å²) in [6.45, 7) is 0. The van der Waals surface area contributed by atoms with E-state index in [2.05, 4.69) is 19.8 Å². The van der Waals surface area contributed by atoms with Crippen LogP contribution >= 0.6 is 23.3 Å². The van der Waals surface area contributed by atoms with Gasteiger partial charge >= 0.3 is 0 Å². The molecule has 68 valence electrons. The number of nitrogens with zero attached hydrogens (tertiary/aromatic N) is 5. The van der Waals surface area contributed by atoms with Crippen LogP contribution in [-0.4, -0.2) is 24.4 Å². The molecule has 0 aromatic carbocycles. The van der Waals surface area contributed by atoms with Gasteiger partial charge in [0.25, 0.3) is 0 Å². The van der Waals surface area contributed by atoms with Gasteiger partial charge in [-0.3, -0.25) is 0 Å². The minimum atomic E-state index is 0.851. The van der Waals surface area contributed by atoms with Crippen LogP contribution in [0.5, 0.6) is 0 Å². The molecule has 2 aromatic heterocycles. The van der Waals surface area contributed by atoms with E-state index in [4.69, 9.17) is 0 Å². The first kappa shape index (κ1) is 8.64. The van der Waals surface area contributed by atoms with Crippen molar-refractivity contribution in [3.05, 3.63) is 17.4 Å². The monoisotopic (exact) mass is 213 g/mol. The second-order valence-corrected chi connectivity index (χ2v) is 4.21. The lowest BCUT2D eigenvalue weighted by Gasteiger charge is -1.96. The average Bonchev–Trinajstić information content (AvgIpc) is 2.72. The molecular weight excluding hydrogens is 206 g/mol. The summed E-state index contributed by atoms with van der Waals surface area (Å²) in [4.78, 5) is 1.15. The lowest BCUT2D eigenvalue weighted by Crippen LogP contribution is -1.88. The summed E-state index contributed by atoms with van der Waals surface area (Å²) in [7, 11) is 1.92. The summed E-state index contributed by atoms with van der Waals surface area (Å²) >= 11 is 3.04. The second kappa shape index (κ2) is 3.84. The standard InChI is InChI=1S/C6H7N5S2/c1-11-4-8-9-6(11)12-3-5-2-7-10-13-5/h2,4H,3H2,1H3. The molecule has 2 rings (SSSR count). The van der Waals surface area contributed by atoms with Crippen LogP contribution in [0, 0.1) is 0 Å². The number of hydrogen-bond donors (Lipinski definition) is 0.